The van der Waals surface area contributed by atoms with Crippen molar-refractivity contribution >= 4 is 40.2 Å². The Balaban J connectivity index is 1.68. The first-order valence-electron chi connectivity index (χ1n) is 11.4. The van der Waals surface area contributed by atoms with Crippen molar-refractivity contribution in [1.29, 1.82) is 0 Å². The van der Waals surface area contributed by atoms with Crippen LogP contribution in [0.15, 0.2) is 77.8 Å². The van der Waals surface area contributed by atoms with Crippen LogP contribution in [0, 0.1) is 13.8 Å². The van der Waals surface area contributed by atoms with Crippen molar-refractivity contribution in [2.24, 2.45) is 7.05 Å². The highest BCUT2D eigenvalue weighted by molar-refractivity contribution is 8.00. The Morgan fingerprint density at radius 3 is 2.53 bits per heavy atom. The minimum absolute atomic E-state index is 0.0705. The minimum atomic E-state index is -0.771. The summed E-state index contributed by atoms with van der Waals surface area (Å²) in [7, 11) is 2.01. The Morgan fingerprint density at radius 1 is 1.00 bits per heavy atom. The zero-order chi connectivity index (χ0) is 23.8. The van der Waals surface area contributed by atoms with Gasteiger partial charge in [0, 0.05) is 35.7 Å². The summed E-state index contributed by atoms with van der Waals surface area (Å²) in [4.78, 5) is 29.3. The molecule has 172 valence electrons. The SMILES string of the molecule is Cc1cccc(N2C(=O)CSc3c(c4ccccc4n3C)[C@@H]2C(=O)NCc2ccccc2)c1C. The first kappa shape index (κ1) is 22.3. The first-order valence-corrected chi connectivity index (χ1v) is 12.4. The molecule has 0 saturated carbocycles. The molecule has 34 heavy (non-hydrogen) atoms. The summed E-state index contributed by atoms with van der Waals surface area (Å²) >= 11 is 1.51. The lowest BCUT2D eigenvalue weighted by Crippen LogP contribution is -2.44. The molecule has 0 bridgehead atoms. The molecule has 0 radical (unpaired) electrons. The van der Waals surface area contributed by atoms with Crippen molar-refractivity contribution in [1.82, 2.24) is 9.88 Å². The van der Waals surface area contributed by atoms with Gasteiger partial charge in [-0.15, -0.1) is 0 Å². The number of aromatic nitrogens is 1. The third-order valence-electron chi connectivity index (χ3n) is 6.62. The van der Waals surface area contributed by atoms with Gasteiger partial charge in [-0.25, -0.2) is 0 Å². The second-order valence-corrected chi connectivity index (χ2v) is 9.64. The number of fused-ring (bicyclic) bond motifs is 3. The maximum Gasteiger partial charge on any atom is 0.248 e. The average molecular weight is 470 g/mol. The number of carbonyl (C=O) groups excluding carboxylic acids is 2. The van der Waals surface area contributed by atoms with Crippen LogP contribution < -0.4 is 10.2 Å². The number of aryl methyl sites for hydroxylation is 2. The van der Waals surface area contributed by atoms with E-state index >= 15 is 0 Å². The highest BCUT2D eigenvalue weighted by atomic mass is 32.2. The molecule has 0 unspecified atom stereocenters. The number of nitrogens with zero attached hydrogens (tertiary/aromatic N) is 2. The van der Waals surface area contributed by atoms with Crippen molar-refractivity contribution < 1.29 is 9.59 Å². The first-order chi connectivity index (χ1) is 16.5. The van der Waals surface area contributed by atoms with Crippen molar-refractivity contribution in [3.8, 4) is 0 Å². The highest BCUT2D eigenvalue weighted by Gasteiger charge is 2.40. The van der Waals surface area contributed by atoms with Crippen LogP contribution in [0.25, 0.3) is 10.9 Å². The van der Waals surface area contributed by atoms with Crippen LogP contribution in [0.3, 0.4) is 0 Å². The number of nitrogens with one attached hydrogen (secondary N) is 1. The van der Waals surface area contributed by atoms with E-state index in [2.05, 4.69) is 16.0 Å². The normalized spacial score (nSPS) is 15.8. The van der Waals surface area contributed by atoms with Gasteiger partial charge in [0.1, 0.15) is 6.04 Å². The maximum atomic E-state index is 13.9. The summed E-state index contributed by atoms with van der Waals surface area (Å²) < 4.78 is 2.10. The van der Waals surface area contributed by atoms with E-state index < -0.39 is 6.04 Å². The second-order valence-electron chi connectivity index (χ2n) is 8.67. The van der Waals surface area contributed by atoms with Crippen molar-refractivity contribution in [2.75, 3.05) is 10.7 Å². The molecule has 2 heterocycles. The van der Waals surface area contributed by atoms with Gasteiger partial charge >= 0.3 is 0 Å². The number of carbonyl (C=O) groups is 2. The van der Waals surface area contributed by atoms with E-state index in [1.165, 1.54) is 11.8 Å². The van der Waals surface area contributed by atoms with Crippen molar-refractivity contribution in [3.05, 3.63) is 95.1 Å². The predicted octanol–water partition coefficient (Wildman–Crippen LogP) is 5.29. The molecular weight excluding hydrogens is 442 g/mol. The van der Waals surface area contributed by atoms with Crippen LogP contribution in [0.2, 0.25) is 0 Å². The van der Waals surface area contributed by atoms with E-state index in [-0.39, 0.29) is 17.6 Å². The lowest BCUT2D eigenvalue weighted by molar-refractivity contribution is -0.125. The lowest BCUT2D eigenvalue weighted by Gasteiger charge is -2.31. The second kappa shape index (κ2) is 9.03. The Hall–Kier alpha value is -3.51. The molecule has 4 aromatic rings. The smallest absolute Gasteiger partial charge is 0.248 e. The minimum Gasteiger partial charge on any atom is -0.350 e. The van der Waals surface area contributed by atoms with Gasteiger partial charge in [0.05, 0.1) is 10.8 Å². The fraction of sp³-hybridized carbons (Fsp3) is 0.214. The third-order valence-corrected chi connectivity index (χ3v) is 7.78. The number of rotatable bonds is 4. The molecule has 6 heteroatoms. The molecule has 5 nitrogen and oxygen atoms in total. The van der Waals surface area contributed by atoms with Crippen molar-refractivity contribution in [2.45, 2.75) is 31.5 Å². The van der Waals surface area contributed by atoms with Crippen molar-refractivity contribution in [3.63, 3.8) is 0 Å². The Labute approximate surface area is 203 Å². The van der Waals surface area contributed by atoms with Crippen LogP contribution in [-0.4, -0.2) is 22.1 Å². The van der Waals surface area contributed by atoms with Gasteiger partial charge < -0.3 is 9.88 Å². The van der Waals surface area contributed by atoms with E-state index in [0.717, 1.165) is 43.9 Å². The summed E-state index contributed by atoms with van der Waals surface area (Å²) in [5.74, 6) is 0.0181. The van der Waals surface area contributed by atoms with Gasteiger partial charge in [-0.1, -0.05) is 72.4 Å². The number of amides is 2. The topological polar surface area (TPSA) is 54.3 Å². The summed E-state index contributed by atoms with van der Waals surface area (Å²) in [5, 5.41) is 5.07. The molecule has 1 N–H and O–H groups in total. The molecule has 1 aliphatic heterocycles. The molecule has 5 rings (SSSR count). The van der Waals surface area contributed by atoms with E-state index in [0.29, 0.717) is 6.54 Å². The number of benzene rings is 3. The summed E-state index contributed by atoms with van der Waals surface area (Å²) in [5.41, 5.74) is 5.83. The van der Waals surface area contributed by atoms with Gasteiger partial charge in [0.2, 0.25) is 11.8 Å². The number of hydrogen-bond acceptors (Lipinski definition) is 3. The van der Waals surface area contributed by atoms with E-state index in [9.17, 15) is 9.59 Å². The Kier molecular flexibility index (Phi) is 5.92. The average Bonchev–Trinajstić information content (AvgIpc) is 3.03. The van der Waals surface area contributed by atoms with E-state index in [4.69, 9.17) is 0 Å². The lowest BCUT2D eigenvalue weighted by atomic mass is 9.99. The molecule has 1 aliphatic rings. The standard InChI is InChI=1S/C28H27N3O2S/c1-18-10-9-15-22(19(18)2)31-24(32)17-34-28-25(21-13-7-8-14-23(21)30(28)3)26(31)27(33)29-16-20-11-5-4-6-12-20/h4-15,26H,16-17H2,1-3H3,(H,29,33)/t26-/m1/s1. The van der Waals surface area contributed by atoms with Crippen LogP contribution >= 0.6 is 11.8 Å². The van der Waals surface area contributed by atoms with Gasteiger partial charge in [-0.05, 0) is 42.7 Å². The number of thioether (sulfide) groups is 1. The molecule has 0 aliphatic carbocycles. The molecule has 0 fully saturated rings. The molecule has 0 spiro atoms. The van der Waals surface area contributed by atoms with Gasteiger partial charge in [0.15, 0.2) is 0 Å². The summed E-state index contributed by atoms with van der Waals surface area (Å²) in [6.07, 6.45) is 0. The molecule has 0 saturated heterocycles. The summed E-state index contributed by atoms with van der Waals surface area (Å²) in [6, 6.07) is 23.1. The predicted molar refractivity (Wildman–Crippen MR) is 138 cm³/mol. The van der Waals surface area contributed by atoms with E-state index in [1.807, 2.05) is 87.6 Å². The molecule has 2 amide bonds. The molecule has 3 aromatic carbocycles. The molecule has 1 aromatic heterocycles. The van der Waals surface area contributed by atoms with E-state index in [1.54, 1.807) is 4.90 Å². The Bertz CT molecular complexity index is 1390. The Morgan fingerprint density at radius 2 is 1.74 bits per heavy atom. The van der Waals surface area contributed by atoms with Gasteiger partial charge in [-0.3, -0.25) is 14.5 Å². The van der Waals surface area contributed by atoms with Crippen LogP contribution in [0.1, 0.15) is 28.3 Å². The number of hydrogen-bond donors (Lipinski definition) is 1. The van der Waals surface area contributed by atoms with Gasteiger partial charge in [0.25, 0.3) is 0 Å². The van der Waals surface area contributed by atoms with Crippen LogP contribution in [0.5, 0.6) is 0 Å². The summed E-state index contributed by atoms with van der Waals surface area (Å²) in [6.45, 7) is 4.45. The van der Waals surface area contributed by atoms with Gasteiger partial charge in [-0.2, -0.15) is 0 Å². The zero-order valence-corrected chi connectivity index (χ0v) is 20.4. The maximum absolute atomic E-state index is 13.9. The zero-order valence-electron chi connectivity index (χ0n) is 19.5. The highest BCUT2D eigenvalue weighted by Crippen LogP contribution is 2.44. The monoisotopic (exact) mass is 469 g/mol. The molecular formula is C28H27N3O2S. The number of para-hydroxylation sites is 1. The number of anilines is 1. The fourth-order valence-corrected chi connectivity index (χ4v) is 5.78. The quantitative estimate of drug-likeness (QED) is 0.442. The van der Waals surface area contributed by atoms with Crippen LogP contribution in [-0.2, 0) is 23.2 Å². The molecule has 1 atom stereocenters. The fourth-order valence-electron chi connectivity index (χ4n) is 4.71. The third kappa shape index (κ3) is 3.78. The largest absolute Gasteiger partial charge is 0.350 e. The van der Waals surface area contributed by atoms with Crippen LogP contribution in [0.4, 0.5) is 5.69 Å².